The van der Waals surface area contributed by atoms with Gasteiger partial charge in [-0.3, -0.25) is 9.59 Å². The molecule has 2 amide bonds. The Labute approximate surface area is 103 Å². The number of rotatable bonds is 2. The summed E-state index contributed by atoms with van der Waals surface area (Å²) in [6, 6.07) is 3.84. The van der Waals surface area contributed by atoms with E-state index in [0.29, 0.717) is 13.1 Å². The maximum Gasteiger partial charge on any atom is 0.254 e. The highest BCUT2D eigenvalue weighted by Gasteiger charge is 2.28. The van der Waals surface area contributed by atoms with E-state index in [0.717, 1.165) is 9.88 Å². The molecule has 0 unspecified atom stereocenters. The number of carbonyl (C=O) groups is 2. The summed E-state index contributed by atoms with van der Waals surface area (Å²) in [4.78, 5) is 27.0. The fourth-order valence-corrected chi connectivity index (χ4v) is 2.68. The molecule has 1 aliphatic heterocycles. The van der Waals surface area contributed by atoms with Gasteiger partial charge in [-0.15, -0.1) is 11.3 Å². The number of hydrogen-bond donors (Lipinski definition) is 0. The fraction of sp³-hybridized carbons (Fsp3) is 0.455. The number of hydrogen-bond acceptors (Lipinski definition) is 3. The summed E-state index contributed by atoms with van der Waals surface area (Å²) in [6.07, 6.45) is 0. The van der Waals surface area contributed by atoms with Crippen molar-refractivity contribution in [3.63, 3.8) is 0 Å². The number of alkyl halides is 1. The molecule has 92 valence electrons. The number of thiophene rings is 1. The van der Waals surface area contributed by atoms with Gasteiger partial charge in [0.25, 0.3) is 5.91 Å². The number of anilines is 1. The van der Waals surface area contributed by atoms with Crippen LogP contribution in [0.1, 0.15) is 4.88 Å². The molecule has 1 aromatic heterocycles. The maximum atomic E-state index is 12.2. The minimum Gasteiger partial charge on any atom is -0.329 e. The van der Waals surface area contributed by atoms with Crippen LogP contribution in [0.15, 0.2) is 12.1 Å². The van der Waals surface area contributed by atoms with E-state index in [1.807, 2.05) is 19.1 Å². The van der Waals surface area contributed by atoms with Crippen LogP contribution in [0.2, 0.25) is 0 Å². The van der Waals surface area contributed by atoms with Crippen LogP contribution in [-0.4, -0.2) is 43.0 Å². The zero-order valence-electron chi connectivity index (χ0n) is 9.48. The molecule has 2 rings (SSSR count). The van der Waals surface area contributed by atoms with Crippen molar-refractivity contribution in [3.05, 3.63) is 17.0 Å². The molecule has 6 heteroatoms. The quantitative estimate of drug-likeness (QED) is 0.797. The van der Waals surface area contributed by atoms with Crippen molar-refractivity contribution in [1.29, 1.82) is 0 Å². The largest absolute Gasteiger partial charge is 0.329 e. The van der Waals surface area contributed by atoms with Gasteiger partial charge in [0.2, 0.25) is 5.91 Å². The van der Waals surface area contributed by atoms with E-state index in [4.69, 9.17) is 0 Å². The lowest BCUT2D eigenvalue weighted by atomic mass is 10.3. The van der Waals surface area contributed by atoms with Crippen LogP contribution in [0.4, 0.5) is 9.39 Å². The first-order chi connectivity index (χ1) is 8.11. The summed E-state index contributed by atoms with van der Waals surface area (Å²) in [5.74, 6) is -0.764. The molecule has 0 spiro atoms. The molecule has 0 saturated carbocycles. The van der Waals surface area contributed by atoms with Crippen LogP contribution in [0.3, 0.4) is 0 Å². The van der Waals surface area contributed by atoms with Crippen LogP contribution in [0.25, 0.3) is 0 Å². The third-order valence-electron chi connectivity index (χ3n) is 2.68. The van der Waals surface area contributed by atoms with Crippen molar-refractivity contribution >= 4 is 28.2 Å². The van der Waals surface area contributed by atoms with Gasteiger partial charge in [0.15, 0.2) is 6.67 Å². The highest BCUT2D eigenvalue weighted by atomic mass is 32.1. The van der Waals surface area contributed by atoms with Crippen molar-refractivity contribution in [2.45, 2.75) is 6.92 Å². The third kappa shape index (κ3) is 2.46. The van der Waals surface area contributed by atoms with Gasteiger partial charge in [0.1, 0.15) is 6.54 Å². The number of amides is 2. The van der Waals surface area contributed by atoms with Gasteiger partial charge in [0, 0.05) is 18.0 Å². The Hall–Kier alpha value is -1.43. The van der Waals surface area contributed by atoms with Crippen molar-refractivity contribution < 1.29 is 14.0 Å². The number of carbonyl (C=O) groups excluding carboxylic acids is 2. The lowest BCUT2D eigenvalue weighted by Crippen LogP contribution is -2.52. The zero-order chi connectivity index (χ0) is 12.4. The maximum absolute atomic E-state index is 12.2. The molecule has 0 aliphatic carbocycles. The molecule has 1 saturated heterocycles. The SMILES string of the molecule is Cc1ccc(N2CCN(C(=O)CF)CC2=O)s1. The Morgan fingerprint density at radius 1 is 1.47 bits per heavy atom. The predicted molar refractivity (Wildman–Crippen MR) is 64.0 cm³/mol. The monoisotopic (exact) mass is 256 g/mol. The summed E-state index contributed by atoms with van der Waals surface area (Å²) in [7, 11) is 0. The Kier molecular flexibility index (Phi) is 3.42. The van der Waals surface area contributed by atoms with Gasteiger partial charge >= 0.3 is 0 Å². The molecule has 4 nitrogen and oxygen atoms in total. The van der Waals surface area contributed by atoms with Gasteiger partial charge in [-0.05, 0) is 19.1 Å². The molecule has 1 fully saturated rings. The van der Waals surface area contributed by atoms with E-state index >= 15 is 0 Å². The standard InChI is InChI=1S/C11H13FN2O2S/c1-8-2-3-11(17-8)14-5-4-13(7-10(14)16)9(15)6-12/h2-3H,4-7H2,1H3. The summed E-state index contributed by atoms with van der Waals surface area (Å²) in [6.45, 7) is 1.74. The molecule has 0 atom stereocenters. The fourth-order valence-electron chi connectivity index (χ4n) is 1.77. The summed E-state index contributed by atoms with van der Waals surface area (Å²) in [5, 5.41) is 0.889. The molecule has 2 heterocycles. The second-order valence-corrected chi connectivity index (χ2v) is 5.14. The van der Waals surface area contributed by atoms with E-state index < -0.39 is 12.6 Å². The highest BCUT2D eigenvalue weighted by molar-refractivity contribution is 7.16. The molecular formula is C11H13FN2O2S. The summed E-state index contributed by atoms with van der Waals surface area (Å²) >= 11 is 1.54. The van der Waals surface area contributed by atoms with Crippen molar-refractivity contribution in [1.82, 2.24) is 4.90 Å². The second kappa shape index (κ2) is 4.83. The predicted octanol–water partition coefficient (Wildman–Crippen LogP) is 1.20. The number of halogens is 1. The first-order valence-electron chi connectivity index (χ1n) is 5.32. The Bertz CT molecular complexity index is 446. The van der Waals surface area contributed by atoms with Gasteiger partial charge in [-0.25, -0.2) is 4.39 Å². The van der Waals surface area contributed by atoms with Crippen LogP contribution < -0.4 is 4.90 Å². The number of piperazine rings is 1. The Morgan fingerprint density at radius 2 is 2.24 bits per heavy atom. The van der Waals surface area contributed by atoms with E-state index in [-0.39, 0.29) is 12.5 Å². The molecule has 1 aromatic rings. The molecule has 0 radical (unpaired) electrons. The normalized spacial score (nSPS) is 16.5. The van der Waals surface area contributed by atoms with Gasteiger partial charge in [-0.2, -0.15) is 0 Å². The van der Waals surface area contributed by atoms with Gasteiger partial charge < -0.3 is 9.80 Å². The van der Waals surface area contributed by atoms with Gasteiger partial charge in [0.05, 0.1) is 5.00 Å². The van der Waals surface area contributed by atoms with E-state index in [2.05, 4.69) is 0 Å². The molecule has 17 heavy (non-hydrogen) atoms. The smallest absolute Gasteiger partial charge is 0.254 e. The molecule has 0 bridgehead atoms. The topological polar surface area (TPSA) is 40.6 Å². The molecule has 1 aliphatic rings. The zero-order valence-corrected chi connectivity index (χ0v) is 10.3. The molecular weight excluding hydrogens is 243 g/mol. The van der Waals surface area contributed by atoms with E-state index in [1.54, 1.807) is 16.2 Å². The van der Waals surface area contributed by atoms with Crippen LogP contribution >= 0.6 is 11.3 Å². The summed E-state index contributed by atoms with van der Waals surface area (Å²) < 4.78 is 12.2. The third-order valence-corrected chi connectivity index (χ3v) is 3.70. The molecule has 0 aromatic carbocycles. The minimum absolute atomic E-state index is 0.0281. The first-order valence-corrected chi connectivity index (χ1v) is 6.14. The van der Waals surface area contributed by atoms with Crippen molar-refractivity contribution in [2.24, 2.45) is 0 Å². The lowest BCUT2D eigenvalue weighted by Gasteiger charge is -2.33. The van der Waals surface area contributed by atoms with Crippen LogP contribution in [-0.2, 0) is 9.59 Å². The molecule has 0 N–H and O–H groups in total. The Morgan fingerprint density at radius 3 is 2.76 bits per heavy atom. The van der Waals surface area contributed by atoms with Crippen LogP contribution in [0, 0.1) is 6.92 Å². The van der Waals surface area contributed by atoms with E-state index in [9.17, 15) is 14.0 Å². The van der Waals surface area contributed by atoms with Crippen molar-refractivity contribution in [3.8, 4) is 0 Å². The van der Waals surface area contributed by atoms with E-state index in [1.165, 1.54) is 4.90 Å². The first kappa shape index (κ1) is 12.0. The Balaban J connectivity index is 2.06. The highest BCUT2D eigenvalue weighted by Crippen LogP contribution is 2.26. The number of nitrogens with zero attached hydrogens (tertiary/aromatic N) is 2. The van der Waals surface area contributed by atoms with Gasteiger partial charge in [-0.1, -0.05) is 0 Å². The average Bonchev–Trinajstić information content (AvgIpc) is 2.74. The lowest BCUT2D eigenvalue weighted by molar-refractivity contribution is -0.137. The number of aryl methyl sites for hydroxylation is 1. The van der Waals surface area contributed by atoms with Crippen LogP contribution in [0.5, 0.6) is 0 Å². The minimum atomic E-state index is -1.04. The average molecular weight is 256 g/mol. The second-order valence-electron chi connectivity index (χ2n) is 3.88. The summed E-state index contributed by atoms with van der Waals surface area (Å²) in [5.41, 5.74) is 0. The van der Waals surface area contributed by atoms with Crippen molar-refractivity contribution in [2.75, 3.05) is 31.2 Å².